The minimum absolute atomic E-state index is 0.274. The first-order valence-corrected chi connectivity index (χ1v) is 8.55. The van der Waals surface area contributed by atoms with Crippen LogP contribution in [-0.4, -0.2) is 34.7 Å². The Kier molecular flexibility index (Phi) is 4.36. The number of para-hydroxylation sites is 1. The Morgan fingerprint density at radius 3 is 2.50 bits per heavy atom. The van der Waals surface area contributed by atoms with Crippen LogP contribution in [0.1, 0.15) is 22.9 Å². The van der Waals surface area contributed by atoms with Gasteiger partial charge in [-0.2, -0.15) is 14.5 Å². The van der Waals surface area contributed by atoms with Crippen molar-refractivity contribution in [2.75, 3.05) is 0 Å². The molecule has 28 heavy (non-hydrogen) atoms. The number of nitrogens with zero attached hydrogens (tertiary/aromatic N) is 6. The molecule has 0 saturated carbocycles. The van der Waals surface area contributed by atoms with Gasteiger partial charge < -0.3 is 5.11 Å². The van der Waals surface area contributed by atoms with E-state index in [4.69, 9.17) is 0 Å². The highest BCUT2D eigenvalue weighted by Gasteiger charge is 2.22. The maximum Gasteiger partial charge on any atom is 0.368 e. The minimum Gasteiger partial charge on any atom is -0.382 e. The lowest BCUT2D eigenvalue weighted by atomic mass is 9.99. The van der Waals surface area contributed by atoms with Gasteiger partial charge in [0.05, 0.1) is 11.4 Å². The first-order chi connectivity index (χ1) is 13.5. The number of benzene rings is 2. The molecule has 0 aliphatic rings. The van der Waals surface area contributed by atoms with Crippen LogP contribution in [0.5, 0.6) is 0 Å². The third-order valence-corrected chi connectivity index (χ3v) is 4.51. The second kappa shape index (κ2) is 6.86. The lowest BCUT2D eigenvalue weighted by Gasteiger charge is -2.16. The van der Waals surface area contributed by atoms with Gasteiger partial charge in [-0.1, -0.05) is 24.3 Å². The maximum atomic E-state index is 14.0. The van der Waals surface area contributed by atoms with Crippen LogP contribution in [0, 0.1) is 12.7 Å². The monoisotopic (exact) mass is 380 g/mol. The Morgan fingerprint density at radius 2 is 1.79 bits per heavy atom. The van der Waals surface area contributed by atoms with Gasteiger partial charge in [0.2, 0.25) is 0 Å². The molecule has 9 heteroatoms. The molecule has 4 rings (SSSR count). The number of aliphatic hydroxyl groups excluding tert-OH is 1. The van der Waals surface area contributed by atoms with Crippen molar-refractivity contribution in [1.29, 1.82) is 0 Å². The molecule has 0 radical (unpaired) electrons. The average molecular weight is 380 g/mol. The molecule has 0 fully saturated rings. The Balaban J connectivity index is 1.80. The number of rotatable bonds is 4. The van der Waals surface area contributed by atoms with Crippen LogP contribution in [0.4, 0.5) is 4.39 Å². The van der Waals surface area contributed by atoms with E-state index in [1.54, 1.807) is 42.6 Å². The summed E-state index contributed by atoms with van der Waals surface area (Å²) in [6, 6.07) is 13.1. The van der Waals surface area contributed by atoms with Gasteiger partial charge in [-0.05, 0) is 47.2 Å². The van der Waals surface area contributed by atoms with Gasteiger partial charge in [-0.15, -0.1) is 0 Å². The number of halogens is 1. The molecule has 0 bridgehead atoms. The Bertz CT molecular complexity index is 1210. The van der Waals surface area contributed by atoms with Crippen molar-refractivity contribution in [2.45, 2.75) is 13.0 Å². The van der Waals surface area contributed by atoms with Crippen molar-refractivity contribution in [3.63, 3.8) is 0 Å². The molecule has 0 amide bonds. The zero-order chi connectivity index (χ0) is 19.8. The highest BCUT2D eigenvalue weighted by molar-refractivity contribution is 5.48. The smallest absolute Gasteiger partial charge is 0.368 e. The normalized spacial score (nSPS) is 12.3. The van der Waals surface area contributed by atoms with Gasteiger partial charge in [-0.3, -0.25) is 0 Å². The molecular weight excluding hydrogens is 363 g/mol. The van der Waals surface area contributed by atoms with Crippen LogP contribution in [0.15, 0.2) is 59.5 Å². The number of aliphatic hydroxyl groups is 1. The molecule has 1 atom stereocenters. The van der Waals surface area contributed by atoms with E-state index >= 15 is 0 Å². The SMILES string of the molecule is Cc1cccc(-n2nnn(C)c2=O)c1C(O)c1ccn(-c2ccccc2F)n1. The van der Waals surface area contributed by atoms with Gasteiger partial charge in [0.1, 0.15) is 17.6 Å². The van der Waals surface area contributed by atoms with E-state index in [1.165, 1.54) is 17.8 Å². The van der Waals surface area contributed by atoms with Crippen LogP contribution in [0.25, 0.3) is 11.4 Å². The van der Waals surface area contributed by atoms with E-state index in [-0.39, 0.29) is 5.69 Å². The zero-order valence-corrected chi connectivity index (χ0v) is 15.2. The highest BCUT2D eigenvalue weighted by atomic mass is 19.1. The number of tetrazole rings is 1. The summed E-state index contributed by atoms with van der Waals surface area (Å²) in [4.78, 5) is 12.3. The second-order valence-corrected chi connectivity index (χ2v) is 6.34. The quantitative estimate of drug-likeness (QED) is 0.582. The lowest BCUT2D eigenvalue weighted by molar-refractivity contribution is 0.213. The summed E-state index contributed by atoms with van der Waals surface area (Å²) < 4.78 is 17.6. The molecule has 142 valence electrons. The summed E-state index contributed by atoms with van der Waals surface area (Å²) >= 11 is 0. The van der Waals surface area contributed by atoms with Crippen molar-refractivity contribution >= 4 is 0 Å². The van der Waals surface area contributed by atoms with Crippen LogP contribution < -0.4 is 5.69 Å². The van der Waals surface area contributed by atoms with Crippen LogP contribution in [-0.2, 0) is 7.05 Å². The van der Waals surface area contributed by atoms with Crippen molar-refractivity contribution in [3.05, 3.63) is 87.9 Å². The summed E-state index contributed by atoms with van der Waals surface area (Å²) in [5.74, 6) is -0.422. The molecule has 1 N–H and O–H groups in total. The number of hydrogen-bond donors (Lipinski definition) is 1. The fourth-order valence-corrected chi connectivity index (χ4v) is 3.07. The van der Waals surface area contributed by atoms with Gasteiger partial charge in [0, 0.05) is 18.8 Å². The van der Waals surface area contributed by atoms with Crippen LogP contribution >= 0.6 is 0 Å². The fraction of sp³-hybridized carbons (Fsp3) is 0.158. The van der Waals surface area contributed by atoms with E-state index in [2.05, 4.69) is 15.5 Å². The average Bonchev–Trinajstić information content (AvgIpc) is 3.29. The van der Waals surface area contributed by atoms with E-state index in [0.717, 1.165) is 14.9 Å². The molecule has 0 saturated heterocycles. The molecule has 0 spiro atoms. The van der Waals surface area contributed by atoms with Gasteiger partial charge in [0.15, 0.2) is 0 Å². The molecule has 2 aromatic heterocycles. The first-order valence-electron chi connectivity index (χ1n) is 8.55. The summed E-state index contributed by atoms with van der Waals surface area (Å²) in [6.07, 6.45) is 0.432. The van der Waals surface area contributed by atoms with E-state index < -0.39 is 17.6 Å². The van der Waals surface area contributed by atoms with E-state index in [9.17, 15) is 14.3 Å². The Labute approximate surface area is 159 Å². The van der Waals surface area contributed by atoms with Crippen molar-refractivity contribution in [1.82, 2.24) is 29.6 Å². The van der Waals surface area contributed by atoms with Crippen LogP contribution in [0.2, 0.25) is 0 Å². The number of aromatic nitrogens is 6. The molecule has 0 aliphatic heterocycles. The molecule has 4 aromatic rings. The molecule has 2 heterocycles. The van der Waals surface area contributed by atoms with E-state index in [1.807, 2.05) is 13.0 Å². The molecule has 2 aromatic carbocycles. The predicted molar refractivity (Wildman–Crippen MR) is 98.9 cm³/mol. The Hall–Kier alpha value is -3.59. The zero-order valence-electron chi connectivity index (χ0n) is 15.2. The topological polar surface area (TPSA) is 90.8 Å². The minimum atomic E-state index is -1.14. The molecular formula is C19H17FN6O2. The number of hydrogen-bond acceptors (Lipinski definition) is 5. The van der Waals surface area contributed by atoms with Crippen molar-refractivity contribution < 1.29 is 9.50 Å². The summed E-state index contributed by atoms with van der Waals surface area (Å²) in [7, 11) is 1.49. The number of aryl methyl sites for hydroxylation is 2. The third-order valence-electron chi connectivity index (χ3n) is 4.51. The lowest BCUT2D eigenvalue weighted by Crippen LogP contribution is -2.23. The van der Waals surface area contributed by atoms with E-state index in [0.29, 0.717) is 16.9 Å². The second-order valence-electron chi connectivity index (χ2n) is 6.34. The van der Waals surface area contributed by atoms with Crippen molar-refractivity contribution in [2.24, 2.45) is 7.05 Å². The highest BCUT2D eigenvalue weighted by Crippen LogP contribution is 2.29. The Morgan fingerprint density at radius 1 is 1.04 bits per heavy atom. The fourth-order valence-electron chi connectivity index (χ4n) is 3.07. The van der Waals surface area contributed by atoms with Gasteiger partial charge in [-0.25, -0.2) is 13.9 Å². The van der Waals surface area contributed by atoms with Crippen molar-refractivity contribution in [3.8, 4) is 11.4 Å². The summed E-state index contributed by atoms with van der Waals surface area (Å²) in [6.45, 7) is 1.82. The molecule has 8 nitrogen and oxygen atoms in total. The molecule has 1 unspecified atom stereocenters. The van der Waals surface area contributed by atoms with Gasteiger partial charge >= 0.3 is 5.69 Å². The largest absolute Gasteiger partial charge is 0.382 e. The first kappa shape index (κ1) is 17.8. The van der Waals surface area contributed by atoms with Gasteiger partial charge in [0.25, 0.3) is 0 Å². The maximum absolute atomic E-state index is 14.0. The standard InChI is InChI=1S/C19H17FN6O2/c1-12-6-5-9-16(26-19(28)24(2)22-23-26)17(12)18(27)14-10-11-25(21-14)15-8-4-3-7-13(15)20/h3-11,18,27H,1-2H3. The summed E-state index contributed by atoms with van der Waals surface area (Å²) in [5.41, 5.74) is 1.79. The third kappa shape index (κ3) is 2.91. The molecule has 0 aliphatic carbocycles. The summed E-state index contributed by atoms with van der Waals surface area (Å²) in [5, 5.41) is 22.9. The van der Waals surface area contributed by atoms with Crippen LogP contribution in [0.3, 0.4) is 0 Å². The predicted octanol–water partition coefficient (Wildman–Crippen LogP) is 1.68.